The van der Waals surface area contributed by atoms with Crippen molar-refractivity contribution < 1.29 is 18.7 Å². The number of ether oxygens (including phenoxy) is 1. The van der Waals surface area contributed by atoms with E-state index in [0.29, 0.717) is 28.7 Å². The summed E-state index contributed by atoms with van der Waals surface area (Å²) in [4.78, 5) is 23.6. The summed E-state index contributed by atoms with van der Waals surface area (Å²) in [7, 11) is 0. The number of nitrogens with zero attached hydrogens (tertiary/aromatic N) is 2. The van der Waals surface area contributed by atoms with Gasteiger partial charge in [0.1, 0.15) is 16.7 Å². The van der Waals surface area contributed by atoms with Gasteiger partial charge < -0.3 is 4.74 Å². The summed E-state index contributed by atoms with van der Waals surface area (Å²) in [6.07, 6.45) is 4.77. The maximum Gasteiger partial charge on any atom is 0.276 e. The molecule has 28 heavy (non-hydrogen) atoms. The average Bonchev–Trinajstić information content (AvgIpc) is 2.95. The summed E-state index contributed by atoms with van der Waals surface area (Å²) < 4.78 is 19.7. The van der Waals surface area contributed by atoms with E-state index in [1.807, 2.05) is 0 Å². The number of unbranched alkanes of at least 4 members (excludes halogenated alkanes) is 1. The molecule has 0 aliphatic carbocycles. The molecule has 1 aromatic carbocycles. The van der Waals surface area contributed by atoms with Crippen LogP contribution in [0.15, 0.2) is 30.3 Å². The molecule has 0 radical (unpaired) electrons. The number of aromatic nitrogens is 2. The maximum atomic E-state index is 12.8. The lowest BCUT2D eigenvalue weighted by molar-refractivity contribution is -0.128. The van der Waals surface area contributed by atoms with Crippen LogP contribution in [0.1, 0.15) is 31.0 Å². The SMILES string of the molecule is CCCCn1nc(C)c(/C=C/C(=O)NNC(=O)COc2ccc(F)cc2)c1Cl. The molecule has 9 heteroatoms. The number of hydrogen-bond donors (Lipinski definition) is 2. The highest BCUT2D eigenvalue weighted by molar-refractivity contribution is 6.31. The summed E-state index contributed by atoms with van der Waals surface area (Å²) in [5.41, 5.74) is 5.82. The van der Waals surface area contributed by atoms with Gasteiger partial charge in [-0.1, -0.05) is 24.9 Å². The molecular formula is C19H22ClFN4O3. The van der Waals surface area contributed by atoms with Crippen LogP contribution in [0.3, 0.4) is 0 Å². The first-order valence-electron chi connectivity index (χ1n) is 8.79. The third-order valence-corrected chi connectivity index (χ3v) is 4.14. The molecule has 0 aliphatic rings. The standard InChI is InChI=1S/C19H22ClFN4O3/c1-3-4-11-25-19(20)16(13(2)24-25)9-10-17(26)22-23-18(27)12-28-15-7-5-14(21)6-8-15/h5-10H,3-4,11-12H2,1-2H3,(H,22,26)(H,23,27)/b10-9+. The summed E-state index contributed by atoms with van der Waals surface area (Å²) in [5, 5.41) is 4.82. The van der Waals surface area contributed by atoms with Crippen LogP contribution < -0.4 is 15.6 Å². The van der Waals surface area contributed by atoms with Gasteiger partial charge in [-0.3, -0.25) is 25.1 Å². The number of rotatable bonds is 8. The number of nitrogens with one attached hydrogen (secondary N) is 2. The molecule has 2 amide bonds. The van der Waals surface area contributed by atoms with E-state index in [0.717, 1.165) is 12.8 Å². The minimum atomic E-state index is -0.562. The van der Waals surface area contributed by atoms with Crippen molar-refractivity contribution in [3.63, 3.8) is 0 Å². The van der Waals surface area contributed by atoms with Crippen molar-refractivity contribution in [1.29, 1.82) is 0 Å². The zero-order valence-corrected chi connectivity index (χ0v) is 16.4. The molecule has 1 heterocycles. The van der Waals surface area contributed by atoms with Gasteiger partial charge in [-0.25, -0.2) is 4.39 Å². The molecule has 0 spiro atoms. The average molecular weight is 409 g/mol. The lowest BCUT2D eigenvalue weighted by atomic mass is 10.2. The van der Waals surface area contributed by atoms with E-state index < -0.39 is 17.6 Å². The molecule has 0 aliphatic heterocycles. The predicted molar refractivity (Wildman–Crippen MR) is 104 cm³/mol. The first-order valence-corrected chi connectivity index (χ1v) is 9.16. The molecule has 0 unspecified atom stereocenters. The van der Waals surface area contributed by atoms with Crippen LogP contribution in [0.2, 0.25) is 5.15 Å². The second-order valence-electron chi connectivity index (χ2n) is 5.98. The number of aryl methyl sites for hydroxylation is 2. The first-order chi connectivity index (χ1) is 13.4. The van der Waals surface area contributed by atoms with Gasteiger partial charge in [-0.2, -0.15) is 5.10 Å². The van der Waals surface area contributed by atoms with Crippen molar-refractivity contribution >= 4 is 29.5 Å². The topological polar surface area (TPSA) is 85.3 Å². The molecular weight excluding hydrogens is 387 g/mol. The van der Waals surface area contributed by atoms with Gasteiger partial charge in [0.15, 0.2) is 6.61 Å². The quantitative estimate of drug-likeness (QED) is 0.519. The van der Waals surface area contributed by atoms with Gasteiger partial charge in [0.25, 0.3) is 11.8 Å². The third-order valence-electron chi connectivity index (χ3n) is 3.74. The van der Waals surface area contributed by atoms with Gasteiger partial charge >= 0.3 is 0 Å². The lowest BCUT2D eigenvalue weighted by Gasteiger charge is -2.07. The minimum absolute atomic E-state index is 0.329. The monoisotopic (exact) mass is 408 g/mol. The second kappa shape index (κ2) is 10.5. The largest absolute Gasteiger partial charge is 0.484 e. The van der Waals surface area contributed by atoms with E-state index in [9.17, 15) is 14.0 Å². The molecule has 0 saturated heterocycles. The molecule has 2 aromatic rings. The molecule has 7 nitrogen and oxygen atoms in total. The molecule has 0 atom stereocenters. The Morgan fingerprint density at radius 3 is 2.68 bits per heavy atom. The number of benzene rings is 1. The zero-order chi connectivity index (χ0) is 20.5. The van der Waals surface area contributed by atoms with Crippen LogP contribution in [0.4, 0.5) is 4.39 Å². The van der Waals surface area contributed by atoms with Gasteiger partial charge in [-0.15, -0.1) is 0 Å². The molecule has 2 rings (SSSR count). The summed E-state index contributed by atoms with van der Waals surface area (Å²) >= 11 is 6.29. The fourth-order valence-electron chi connectivity index (χ4n) is 2.26. The fraction of sp³-hybridized carbons (Fsp3) is 0.316. The second-order valence-corrected chi connectivity index (χ2v) is 6.34. The molecule has 1 aromatic heterocycles. The van der Waals surface area contributed by atoms with E-state index in [1.54, 1.807) is 17.7 Å². The van der Waals surface area contributed by atoms with Crippen molar-refractivity contribution in [1.82, 2.24) is 20.6 Å². The molecule has 150 valence electrons. The van der Waals surface area contributed by atoms with Gasteiger partial charge in [0.2, 0.25) is 0 Å². The Balaban J connectivity index is 1.81. The number of halogens is 2. The lowest BCUT2D eigenvalue weighted by Crippen LogP contribution is -2.43. The Bertz CT molecular complexity index is 850. The highest BCUT2D eigenvalue weighted by Gasteiger charge is 2.11. The Labute approximate surface area is 167 Å². The van der Waals surface area contributed by atoms with Crippen LogP contribution in [0.5, 0.6) is 5.75 Å². The Morgan fingerprint density at radius 2 is 2.00 bits per heavy atom. The van der Waals surface area contributed by atoms with E-state index >= 15 is 0 Å². The summed E-state index contributed by atoms with van der Waals surface area (Å²) in [6, 6.07) is 5.24. The Kier molecular flexibility index (Phi) is 8.01. The van der Waals surface area contributed by atoms with Gasteiger partial charge in [0, 0.05) is 18.2 Å². The normalized spacial score (nSPS) is 10.9. The van der Waals surface area contributed by atoms with Crippen LogP contribution in [0.25, 0.3) is 6.08 Å². The highest BCUT2D eigenvalue weighted by Crippen LogP contribution is 2.21. The summed E-state index contributed by atoms with van der Waals surface area (Å²) in [6.45, 7) is 4.26. The van der Waals surface area contributed by atoms with Gasteiger partial charge in [0.05, 0.1) is 5.69 Å². The van der Waals surface area contributed by atoms with E-state index in [4.69, 9.17) is 16.3 Å². The van der Waals surface area contributed by atoms with Crippen molar-refractivity contribution in [3.05, 3.63) is 52.6 Å². The van der Waals surface area contributed by atoms with Crippen LogP contribution >= 0.6 is 11.6 Å². The molecule has 0 bridgehead atoms. The van der Waals surface area contributed by atoms with E-state index in [1.165, 1.54) is 30.3 Å². The van der Waals surface area contributed by atoms with E-state index in [2.05, 4.69) is 22.9 Å². The van der Waals surface area contributed by atoms with Crippen molar-refractivity contribution in [2.45, 2.75) is 33.2 Å². The first kappa shape index (κ1) is 21.4. The zero-order valence-electron chi connectivity index (χ0n) is 15.7. The van der Waals surface area contributed by atoms with E-state index in [-0.39, 0.29) is 6.61 Å². The number of carbonyl (C=O) groups is 2. The number of carbonyl (C=O) groups excluding carboxylic acids is 2. The Morgan fingerprint density at radius 1 is 1.29 bits per heavy atom. The van der Waals surface area contributed by atoms with Crippen molar-refractivity contribution in [2.24, 2.45) is 0 Å². The minimum Gasteiger partial charge on any atom is -0.484 e. The van der Waals surface area contributed by atoms with Crippen molar-refractivity contribution in [2.75, 3.05) is 6.61 Å². The third kappa shape index (κ3) is 6.38. The molecule has 2 N–H and O–H groups in total. The highest BCUT2D eigenvalue weighted by atomic mass is 35.5. The van der Waals surface area contributed by atoms with Crippen LogP contribution in [-0.4, -0.2) is 28.2 Å². The van der Waals surface area contributed by atoms with Crippen molar-refractivity contribution in [3.8, 4) is 5.75 Å². The maximum absolute atomic E-state index is 12.8. The summed E-state index contributed by atoms with van der Waals surface area (Å²) in [5.74, 6) is -1.16. The number of hydrogen-bond acceptors (Lipinski definition) is 4. The van der Waals surface area contributed by atoms with Crippen LogP contribution in [-0.2, 0) is 16.1 Å². The van der Waals surface area contributed by atoms with Crippen LogP contribution in [0, 0.1) is 12.7 Å². The smallest absolute Gasteiger partial charge is 0.276 e. The van der Waals surface area contributed by atoms with Gasteiger partial charge in [-0.05, 0) is 43.7 Å². The number of amides is 2. The number of hydrazine groups is 1. The molecule has 0 fully saturated rings. The molecule has 0 saturated carbocycles. The predicted octanol–water partition coefficient (Wildman–Crippen LogP) is 3.02. The fourth-order valence-corrected chi connectivity index (χ4v) is 2.58. The Hall–Kier alpha value is -2.87.